The van der Waals surface area contributed by atoms with Crippen LogP contribution in [0.3, 0.4) is 0 Å². The van der Waals surface area contributed by atoms with Crippen molar-refractivity contribution in [3.63, 3.8) is 0 Å². The first kappa shape index (κ1) is 12.4. The Labute approximate surface area is 112 Å². The zero-order valence-corrected chi connectivity index (χ0v) is 11.2. The molecular formula is C13H18N4O2. The lowest BCUT2D eigenvalue weighted by Crippen LogP contribution is -2.39. The number of rotatable bonds is 3. The van der Waals surface area contributed by atoms with Gasteiger partial charge in [-0.3, -0.25) is 4.90 Å². The number of hydrogen-bond acceptors (Lipinski definition) is 5. The summed E-state index contributed by atoms with van der Waals surface area (Å²) in [5.41, 5.74) is 1.27. The zero-order chi connectivity index (χ0) is 13.2. The van der Waals surface area contributed by atoms with Gasteiger partial charge in [-0.2, -0.15) is 4.98 Å². The minimum Gasteiger partial charge on any atom is -0.378 e. The molecule has 6 nitrogen and oxygen atoms in total. The van der Waals surface area contributed by atoms with Crippen LogP contribution in [0.25, 0.3) is 0 Å². The summed E-state index contributed by atoms with van der Waals surface area (Å²) in [6, 6.07) is 4.23. The Kier molecular flexibility index (Phi) is 3.35. The molecule has 1 aliphatic rings. The fourth-order valence-corrected chi connectivity index (χ4v) is 2.37. The van der Waals surface area contributed by atoms with Crippen LogP contribution in [0, 0.1) is 6.92 Å². The summed E-state index contributed by atoms with van der Waals surface area (Å²) in [6.07, 6.45) is 2.06. The molecule has 0 radical (unpaired) electrons. The van der Waals surface area contributed by atoms with Gasteiger partial charge < -0.3 is 13.8 Å². The van der Waals surface area contributed by atoms with Crippen molar-refractivity contribution in [3.05, 3.63) is 35.7 Å². The molecule has 0 aliphatic carbocycles. The van der Waals surface area contributed by atoms with Crippen LogP contribution in [0.15, 0.2) is 22.9 Å². The van der Waals surface area contributed by atoms with Crippen LogP contribution in [0.1, 0.15) is 23.5 Å². The van der Waals surface area contributed by atoms with Gasteiger partial charge in [0.1, 0.15) is 6.04 Å². The summed E-state index contributed by atoms with van der Waals surface area (Å²) >= 11 is 0. The van der Waals surface area contributed by atoms with Gasteiger partial charge in [0.25, 0.3) is 0 Å². The third kappa shape index (κ3) is 2.54. The lowest BCUT2D eigenvalue weighted by Gasteiger charge is -2.33. The molecule has 0 N–H and O–H groups in total. The molecule has 1 atom stereocenters. The van der Waals surface area contributed by atoms with Crippen molar-refractivity contribution in [2.75, 3.05) is 19.8 Å². The van der Waals surface area contributed by atoms with E-state index in [1.807, 2.05) is 6.92 Å². The van der Waals surface area contributed by atoms with Crippen LogP contribution in [0.4, 0.5) is 0 Å². The quantitative estimate of drug-likeness (QED) is 0.834. The van der Waals surface area contributed by atoms with Crippen LogP contribution < -0.4 is 0 Å². The van der Waals surface area contributed by atoms with E-state index in [0.29, 0.717) is 18.3 Å². The molecule has 102 valence electrons. The van der Waals surface area contributed by atoms with Crippen molar-refractivity contribution in [2.45, 2.75) is 19.5 Å². The van der Waals surface area contributed by atoms with Crippen LogP contribution >= 0.6 is 0 Å². The van der Waals surface area contributed by atoms with E-state index in [0.717, 1.165) is 19.7 Å². The van der Waals surface area contributed by atoms with Gasteiger partial charge in [0.2, 0.25) is 5.89 Å². The third-order valence-electron chi connectivity index (χ3n) is 3.48. The van der Waals surface area contributed by atoms with Crippen LogP contribution in [0.2, 0.25) is 0 Å². The lowest BCUT2D eigenvalue weighted by atomic mass is 10.2. The molecule has 2 aromatic heterocycles. The first-order chi connectivity index (χ1) is 9.24. The predicted molar refractivity (Wildman–Crippen MR) is 68.4 cm³/mol. The smallest absolute Gasteiger partial charge is 0.246 e. The Morgan fingerprint density at radius 1 is 1.47 bits per heavy atom. The second-order valence-corrected chi connectivity index (χ2v) is 4.85. The first-order valence-electron chi connectivity index (χ1n) is 6.46. The molecule has 1 aliphatic heterocycles. The highest BCUT2D eigenvalue weighted by atomic mass is 16.5. The van der Waals surface area contributed by atoms with Gasteiger partial charge in [-0.25, -0.2) is 0 Å². The summed E-state index contributed by atoms with van der Waals surface area (Å²) in [5, 5.41) is 3.87. The van der Waals surface area contributed by atoms with Crippen molar-refractivity contribution in [2.24, 2.45) is 7.05 Å². The van der Waals surface area contributed by atoms with Gasteiger partial charge in [0.05, 0.1) is 13.2 Å². The Morgan fingerprint density at radius 2 is 2.37 bits per heavy atom. The Morgan fingerprint density at radius 3 is 3.05 bits per heavy atom. The highest BCUT2D eigenvalue weighted by Crippen LogP contribution is 2.24. The SMILES string of the molecule is Cc1noc([C@H]2COCCN2Cc2cccn2C)n1. The van der Waals surface area contributed by atoms with E-state index >= 15 is 0 Å². The molecule has 0 amide bonds. The molecule has 2 aromatic rings. The Bertz CT molecular complexity index is 548. The summed E-state index contributed by atoms with van der Waals surface area (Å²) in [7, 11) is 2.06. The van der Waals surface area contributed by atoms with Crippen molar-refractivity contribution >= 4 is 0 Å². The average Bonchev–Trinajstić information content (AvgIpc) is 3.00. The van der Waals surface area contributed by atoms with Crippen molar-refractivity contribution in [1.82, 2.24) is 19.6 Å². The maximum atomic E-state index is 5.55. The number of aryl methyl sites for hydroxylation is 2. The second kappa shape index (κ2) is 5.14. The number of aromatic nitrogens is 3. The van der Waals surface area contributed by atoms with E-state index in [1.165, 1.54) is 5.69 Å². The van der Waals surface area contributed by atoms with Gasteiger partial charge in [0.15, 0.2) is 5.82 Å². The molecule has 1 saturated heterocycles. The largest absolute Gasteiger partial charge is 0.378 e. The third-order valence-corrected chi connectivity index (χ3v) is 3.48. The molecule has 3 rings (SSSR count). The van der Waals surface area contributed by atoms with Crippen molar-refractivity contribution in [3.8, 4) is 0 Å². The van der Waals surface area contributed by atoms with E-state index in [1.54, 1.807) is 0 Å². The lowest BCUT2D eigenvalue weighted by molar-refractivity contribution is -0.0249. The van der Waals surface area contributed by atoms with Crippen LogP contribution in [-0.4, -0.2) is 39.4 Å². The fraction of sp³-hybridized carbons (Fsp3) is 0.538. The molecule has 0 bridgehead atoms. The zero-order valence-electron chi connectivity index (χ0n) is 11.2. The minimum absolute atomic E-state index is 0.0462. The molecule has 1 fully saturated rings. The topological polar surface area (TPSA) is 56.3 Å². The van der Waals surface area contributed by atoms with Crippen LogP contribution in [0.5, 0.6) is 0 Å². The summed E-state index contributed by atoms with van der Waals surface area (Å²) in [6.45, 7) is 4.91. The van der Waals surface area contributed by atoms with E-state index in [2.05, 4.69) is 45.0 Å². The van der Waals surface area contributed by atoms with Crippen molar-refractivity contribution < 1.29 is 9.26 Å². The Balaban J connectivity index is 1.79. The first-order valence-corrected chi connectivity index (χ1v) is 6.46. The fourth-order valence-electron chi connectivity index (χ4n) is 2.37. The molecule has 6 heteroatoms. The van der Waals surface area contributed by atoms with Gasteiger partial charge in [0, 0.05) is 32.0 Å². The van der Waals surface area contributed by atoms with Gasteiger partial charge in [-0.15, -0.1) is 0 Å². The van der Waals surface area contributed by atoms with Gasteiger partial charge >= 0.3 is 0 Å². The number of ether oxygens (including phenoxy) is 1. The number of morpholine rings is 1. The molecule has 19 heavy (non-hydrogen) atoms. The molecule has 0 spiro atoms. The number of nitrogens with zero attached hydrogens (tertiary/aromatic N) is 4. The van der Waals surface area contributed by atoms with E-state index < -0.39 is 0 Å². The van der Waals surface area contributed by atoms with Crippen LogP contribution in [-0.2, 0) is 18.3 Å². The summed E-state index contributed by atoms with van der Waals surface area (Å²) in [4.78, 5) is 6.66. The highest BCUT2D eigenvalue weighted by Gasteiger charge is 2.29. The highest BCUT2D eigenvalue weighted by molar-refractivity contribution is 5.07. The maximum absolute atomic E-state index is 5.55. The predicted octanol–water partition coefficient (Wildman–Crippen LogP) is 1.29. The summed E-state index contributed by atoms with van der Waals surface area (Å²) < 4.78 is 13.0. The molecule has 0 aromatic carbocycles. The standard InChI is InChI=1S/C13H18N4O2/c1-10-14-13(19-15-10)12-9-18-7-6-17(12)8-11-4-3-5-16(11)2/h3-5,12H,6-9H2,1-2H3/t12-/m1/s1. The minimum atomic E-state index is 0.0462. The van der Waals surface area contributed by atoms with Crippen molar-refractivity contribution in [1.29, 1.82) is 0 Å². The molecular weight excluding hydrogens is 244 g/mol. The summed E-state index contributed by atoms with van der Waals surface area (Å²) in [5.74, 6) is 1.31. The molecule has 3 heterocycles. The molecule has 0 unspecified atom stereocenters. The Hall–Kier alpha value is -1.66. The number of hydrogen-bond donors (Lipinski definition) is 0. The van der Waals surface area contributed by atoms with Gasteiger partial charge in [-0.1, -0.05) is 5.16 Å². The van der Waals surface area contributed by atoms with E-state index in [9.17, 15) is 0 Å². The van der Waals surface area contributed by atoms with E-state index in [-0.39, 0.29) is 6.04 Å². The normalized spacial score (nSPS) is 20.8. The maximum Gasteiger partial charge on any atom is 0.246 e. The average molecular weight is 262 g/mol. The van der Waals surface area contributed by atoms with E-state index in [4.69, 9.17) is 9.26 Å². The monoisotopic (exact) mass is 262 g/mol. The van der Waals surface area contributed by atoms with Gasteiger partial charge in [-0.05, 0) is 19.1 Å². The molecule has 0 saturated carbocycles. The second-order valence-electron chi connectivity index (χ2n) is 4.85.